The lowest BCUT2D eigenvalue weighted by Crippen LogP contribution is -2.24. The second-order valence-corrected chi connectivity index (χ2v) is 6.53. The van der Waals surface area contributed by atoms with Gasteiger partial charge < -0.3 is 4.90 Å². The molecule has 8 heteroatoms. The third-order valence-corrected chi connectivity index (χ3v) is 4.75. The van der Waals surface area contributed by atoms with Crippen LogP contribution in [-0.2, 0) is 0 Å². The van der Waals surface area contributed by atoms with Crippen LogP contribution < -0.4 is 4.90 Å². The number of pyridine rings is 1. The van der Waals surface area contributed by atoms with Crippen LogP contribution >= 0.6 is 23.2 Å². The van der Waals surface area contributed by atoms with Gasteiger partial charge in [0.1, 0.15) is 23.0 Å². The minimum Gasteiger partial charge on any atom is -0.349 e. The van der Waals surface area contributed by atoms with E-state index in [2.05, 4.69) is 15.0 Å². The third-order valence-electron chi connectivity index (χ3n) is 4.32. The van der Waals surface area contributed by atoms with E-state index in [-0.39, 0.29) is 16.5 Å². The number of rotatable bonds is 2. The molecule has 1 atom stereocenters. The SMILES string of the molecule is Fc1ccc(F)c([C@H]2CCCN2c2ccc3nc(Cl)nc(Cl)c3n2)c1. The van der Waals surface area contributed by atoms with Crippen molar-refractivity contribution in [2.45, 2.75) is 18.9 Å². The summed E-state index contributed by atoms with van der Waals surface area (Å²) in [5.74, 6) is -0.264. The van der Waals surface area contributed by atoms with Gasteiger partial charge in [0.2, 0.25) is 5.28 Å². The molecule has 1 fully saturated rings. The number of aromatic nitrogens is 3. The Hall–Kier alpha value is -2.05. The smallest absolute Gasteiger partial charge is 0.224 e. The first kappa shape index (κ1) is 16.4. The fourth-order valence-corrected chi connectivity index (χ4v) is 3.67. The summed E-state index contributed by atoms with van der Waals surface area (Å²) in [6, 6.07) is 6.75. The lowest BCUT2D eigenvalue weighted by molar-refractivity contribution is 0.560. The molecule has 3 aromatic rings. The number of anilines is 1. The van der Waals surface area contributed by atoms with Crippen LogP contribution in [0.2, 0.25) is 10.4 Å². The van der Waals surface area contributed by atoms with Gasteiger partial charge in [-0.3, -0.25) is 0 Å². The van der Waals surface area contributed by atoms with Crippen LogP contribution in [0.1, 0.15) is 24.4 Å². The molecule has 1 aliphatic heterocycles. The zero-order chi connectivity index (χ0) is 17.6. The Morgan fingerprint density at radius 3 is 2.72 bits per heavy atom. The quantitative estimate of drug-likeness (QED) is 0.465. The van der Waals surface area contributed by atoms with Crippen LogP contribution in [0.4, 0.5) is 14.6 Å². The predicted molar refractivity (Wildman–Crippen MR) is 93.0 cm³/mol. The first-order valence-electron chi connectivity index (χ1n) is 7.74. The van der Waals surface area contributed by atoms with Gasteiger partial charge in [0, 0.05) is 12.1 Å². The van der Waals surface area contributed by atoms with Gasteiger partial charge in [0.05, 0.1) is 11.6 Å². The van der Waals surface area contributed by atoms with Crippen molar-refractivity contribution in [2.75, 3.05) is 11.4 Å². The second-order valence-electron chi connectivity index (χ2n) is 5.84. The van der Waals surface area contributed by atoms with Crippen LogP contribution in [-0.4, -0.2) is 21.5 Å². The van der Waals surface area contributed by atoms with E-state index in [0.29, 0.717) is 35.4 Å². The minimum atomic E-state index is -0.458. The van der Waals surface area contributed by atoms with Gasteiger partial charge in [-0.25, -0.2) is 23.7 Å². The van der Waals surface area contributed by atoms with Crippen molar-refractivity contribution < 1.29 is 8.78 Å². The molecule has 0 radical (unpaired) electrons. The van der Waals surface area contributed by atoms with Gasteiger partial charge in [-0.15, -0.1) is 0 Å². The fourth-order valence-electron chi connectivity index (χ4n) is 3.24. The lowest BCUT2D eigenvalue weighted by atomic mass is 10.0. The molecule has 25 heavy (non-hydrogen) atoms. The maximum Gasteiger partial charge on any atom is 0.224 e. The van der Waals surface area contributed by atoms with E-state index in [4.69, 9.17) is 23.2 Å². The van der Waals surface area contributed by atoms with Crippen molar-refractivity contribution in [3.05, 3.63) is 58.0 Å². The van der Waals surface area contributed by atoms with Crippen molar-refractivity contribution in [2.24, 2.45) is 0 Å². The minimum absolute atomic E-state index is 0.0490. The number of hydrogen-bond acceptors (Lipinski definition) is 4. The molecule has 4 rings (SSSR count). The first-order chi connectivity index (χ1) is 12.0. The van der Waals surface area contributed by atoms with Crippen LogP contribution in [0, 0.1) is 11.6 Å². The highest BCUT2D eigenvalue weighted by atomic mass is 35.5. The molecule has 0 unspecified atom stereocenters. The summed E-state index contributed by atoms with van der Waals surface area (Å²) in [7, 11) is 0. The zero-order valence-corrected chi connectivity index (χ0v) is 14.4. The van der Waals surface area contributed by atoms with Crippen molar-refractivity contribution >= 4 is 40.1 Å². The highest BCUT2D eigenvalue weighted by Gasteiger charge is 2.29. The molecule has 0 amide bonds. The van der Waals surface area contributed by atoms with Gasteiger partial charge in [0.25, 0.3) is 0 Å². The van der Waals surface area contributed by atoms with E-state index in [1.807, 2.05) is 4.90 Å². The molecule has 4 nitrogen and oxygen atoms in total. The number of fused-ring (bicyclic) bond motifs is 1. The molecule has 1 saturated heterocycles. The molecular formula is C17H12Cl2F2N4. The van der Waals surface area contributed by atoms with Crippen LogP contribution in [0.25, 0.3) is 11.0 Å². The van der Waals surface area contributed by atoms with Crippen LogP contribution in [0.3, 0.4) is 0 Å². The molecule has 2 aromatic heterocycles. The highest BCUT2D eigenvalue weighted by molar-refractivity contribution is 6.35. The summed E-state index contributed by atoms with van der Waals surface area (Å²) in [5.41, 5.74) is 1.29. The topological polar surface area (TPSA) is 41.9 Å². The van der Waals surface area contributed by atoms with Gasteiger partial charge in [-0.2, -0.15) is 0 Å². The normalized spacial score (nSPS) is 17.4. The number of hydrogen-bond donors (Lipinski definition) is 0. The average Bonchev–Trinajstić information content (AvgIpc) is 3.06. The van der Waals surface area contributed by atoms with Crippen molar-refractivity contribution in [3.63, 3.8) is 0 Å². The summed E-state index contributed by atoms with van der Waals surface area (Å²) in [6.07, 6.45) is 1.57. The molecule has 3 heterocycles. The Morgan fingerprint density at radius 1 is 1.04 bits per heavy atom. The molecule has 0 N–H and O–H groups in total. The predicted octanol–water partition coefficient (Wildman–Crippen LogP) is 4.95. The Kier molecular flexibility index (Phi) is 4.17. The Balaban J connectivity index is 1.78. The molecule has 128 valence electrons. The molecule has 0 bridgehead atoms. The molecule has 0 aliphatic carbocycles. The Bertz CT molecular complexity index is 967. The van der Waals surface area contributed by atoms with Crippen molar-refractivity contribution in [3.8, 4) is 0 Å². The number of benzene rings is 1. The van der Waals surface area contributed by atoms with E-state index in [1.165, 1.54) is 6.07 Å². The summed E-state index contributed by atoms with van der Waals surface area (Å²) in [5, 5.41) is 0.206. The Labute approximate surface area is 152 Å². The zero-order valence-electron chi connectivity index (χ0n) is 12.9. The van der Waals surface area contributed by atoms with Gasteiger partial charge in [0.15, 0.2) is 5.15 Å². The monoisotopic (exact) mass is 380 g/mol. The second kappa shape index (κ2) is 6.35. The third kappa shape index (κ3) is 3.00. The summed E-state index contributed by atoms with van der Waals surface area (Å²) in [4.78, 5) is 14.5. The van der Waals surface area contributed by atoms with Gasteiger partial charge in [-0.05, 0) is 54.8 Å². The first-order valence-corrected chi connectivity index (χ1v) is 8.50. The largest absolute Gasteiger partial charge is 0.349 e. The molecule has 1 aromatic carbocycles. The van der Waals surface area contributed by atoms with Crippen molar-refractivity contribution in [1.29, 1.82) is 0 Å². The van der Waals surface area contributed by atoms with Crippen LogP contribution in [0.5, 0.6) is 0 Å². The highest BCUT2D eigenvalue weighted by Crippen LogP contribution is 2.37. The summed E-state index contributed by atoms with van der Waals surface area (Å²) >= 11 is 11.9. The maximum atomic E-state index is 14.2. The number of halogens is 4. The molecule has 0 saturated carbocycles. The lowest BCUT2D eigenvalue weighted by Gasteiger charge is -2.26. The summed E-state index contributed by atoms with van der Waals surface area (Å²) in [6.45, 7) is 0.686. The summed E-state index contributed by atoms with van der Waals surface area (Å²) < 4.78 is 27.8. The molecular weight excluding hydrogens is 369 g/mol. The molecule has 0 spiro atoms. The van der Waals surface area contributed by atoms with E-state index in [9.17, 15) is 8.78 Å². The standard InChI is InChI=1S/C17H12Cl2F2N4/c18-16-15-12(22-17(19)24-16)5-6-14(23-15)25-7-1-2-13(25)10-8-9(20)3-4-11(10)21/h3-6,8,13H,1-2,7H2/t13-/m1/s1. The van der Waals surface area contributed by atoms with Crippen molar-refractivity contribution in [1.82, 2.24) is 15.0 Å². The van der Waals surface area contributed by atoms with Gasteiger partial charge >= 0.3 is 0 Å². The maximum absolute atomic E-state index is 14.2. The number of nitrogens with zero attached hydrogens (tertiary/aromatic N) is 4. The average molecular weight is 381 g/mol. The Morgan fingerprint density at radius 2 is 1.88 bits per heavy atom. The fraction of sp³-hybridized carbons (Fsp3) is 0.235. The van der Waals surface area contributed by atoms with E-state index < -0.39 is 11.6 Å². The van der Waals surface area contributed by atoms with Crippen LogP contribution in [0.15, 0.2) is 30.3 Å². The van der Waals surface area contributed by atoms with E-state index in [0.717, 1.165) is 18.6 Å². The van der Waals surface area contributed by atoms with E-state index in [1.54, 1.807) is 12.1 Å². The van der Waals surface area contributed by atoms with Gasteiger partial charge in [-0.1, -0.05) is 11.6 Å². The van der Waals surface area contributed by atoms with E-state index >= 15 is 0 Å². The molecule has 1 aliphatic rings.